The minimum atomic E-state index is -3.07. The molecule has 0 spiro atoms. The lowest BCUT2D eigenvalue weighted by Gasteiger charge is -2.33. The number of ether oxygens (including phenoxy) is 1. The molecule has 2 aliphatic carbocycles. The Morgan fingerprint density at radius 3 is 2.20 bits per heavy atom. The van der Waals surface area contributed by atoms with Crippen molar-refractivity contribution in [2.75, 3.05) is 19.3 Å². The van der Waals surface area contributed by atoms with Crippen LogP contribution in [0.2, 0.25) is 0 Å². The summed E-state index contributed by atoms with van der Waals surface area (Å²) in [7, 11) is -3.07. The highest BCUT2D eigenvalue weighted by molar-refractivity contribution is 7.91. The van der Waals surface area contributed by atoms with Crippen molar-refractivity contribution in [2.45, 2.75) is 88.7 Å². The number of hydrogen-bond donors (Lipinski definition) is 2. The summed E-state index contributed by atoms with van der Waals surface area (Å²) < 4.78 is 29.2. The molecule has 1 aliphatic heterocycles. The molecule has 5 atom stereocenters. The van der Waals surface area contributed by atoms with Gasteiger partial charge in [0.2, 0.25) is 0 Å². The van der Waals surface area contributed by atoms with Gasteiger partial charge in [-0.15, -0.1) is 0 Å². The number of hydrogen-bond acceptors (Lipinski definition) is 5. The summed E-state index contributed by atoms with van der Waals surface area (Å²) in [5, 5.41) is 5.71. The first-order valence-corrected chi connectivity index (χ1v) is 13.1. The lowest BCUT2D eigenvalue weighted by atomic mass is 9.79. The van der Waals surface area contributed by atoms with Crippen LogP contribution >= 0.6 is 0 Å². The predicted octanol–water partition coefficient (Wildman–Crippen LogP) is 2.68. The fourth-order valence-corrected chi connectivity index (χ4v) is 6.29. The van der Waals surface area contributed by atoms with Gasteiger partial charge in [-0.1, -0.05) is 6.42 Å². The van der Waals surface area contributed by atoms with Crippen LogP contribution in [0.25, 0.3) is 0 Å². The molecular weight excluding hydrogens is 406 g/mol. The molecule has 3 rings (SSSR count). The van der Waals surface area contributed by atoms with E-state index in [1.807, 2.05) is 20.8 Å². The van der Waals surface area contributed by atoms with E-state index < -0.39 is 15.4 Å². The van der Waals surface area contributed by atoms with Crippen LogP contribution in [0.1, 0.15) is 65.7 Å². The molecule has 9 heteroatoms. The van der Waals surface area contributed by atoms with Crippen molar-refractivity contribution in [3.8, 4) is 0 Å². The summed E-state index contributed by atoms with van der Waals surface area (Å²) in [4.78, 5) is 26.7. The minimum absolute atomic E-state index is 0.0825. The maximum Gasteiger partial charge on any atom is 0.410 e. The first kappa shape index (κ1) is 23.2. The molecule has 8 nitrogen and oxygen atoms in total. The minimum Gasteiger partial charge on any atom is -0.444 e. The van der Waals surface area contributed by atoms with Crippen molar-refractivity contribution in [2.24, 2.45) is 11.8 Å². The van der Waals surface area contributed by atoms with E-state index in [0.29, 0.717) is 31.2 Å². The zero-order valence-electron chi connectivity index (χ0n) is 18.6. The Kier molecular flexibility index (Phi) is 6.89. The molecule has 1 heterocycles. The molecule has 0 aromatic rings. The molecule has 0 bridgehead atoms. The molecule has 3 fully saturated rings. The summed E-state index contributed by atoms with van der Waals surface area (Å²) in [5.74, 6) is 0.841. The average molecular weight is 444 g/mol. The molecule has 0 radical (unpaired) electrons. The number of fused-ring (bicyclic) bond motifs is 1. The topological polar surface area (TPSA) is 105 Å². The number of rotatable bonds is 3. The van der Waals surface area contributed by atoms with Crippen LogP contribution in [-0.2, 0) is 14.6 Å². The summed E-state index contributed by atoms with van der Waals surface area (Å²) in [6, 6.07) is -0.220. The number of amides is 3. The van der Waals surface area contributed by atoms with Gasteiger partial charge in [0.25, 0.3) is 0 Å². The fourth-order valence-electron chi connectivity index (χ4n) is 5.12. The molecule has 172 valence electrons. The van der Waals surface area contributed by atoms with Gasteiger partial charge >= 0.3 is 12.1 Å². The second-order valence-electron chi connectivity index (χ2n) is 10.3. The van der Waals surface area contributed by atoms with Crippen LogP contribution in [0.15, 0.2) is 0 Å². The van der Waals surface area contributed by atoms with Gasteiger partial charge in [0.05, 0.1) is 5.25 Å². The molecule has 30 heavy (non-hydrogen) atoms. The van der Waals surface area contributed by atoms with E-state index in [9.17, 15) is 18.0 Å². The second-order valence-corrected chi connectivity index (χ2v) is 12.7. The zero-order valence-corrected chi connectivity index (χ0v) is 19.5. The Morgan fingerprint density at radius 2 is 1.57 bits per heavy atom. The molecule has 3 amide bonds. The highest BCUT2D eigenvalue weighted by Gasteiger charge is 2.41. The van der Waals surface area contributed by atoms with Gasteiger partial charge in [0, 0.05) is 31.4 Å². The first-order valence-electron chi connectivity index (χ1n) is 11.1. The van der Waals surface area contributed by atoms with E-state index >= 15 is 0 Å². The number of nitrogens with one attached hydrogen (secondary N) is 2. The highest BCUT2D eigenvalue weighted by Crippen LogP contribution is 2.37. The van der Waals surface area contributed by atoms with Gasteiger partial charge in [-0.05, 0) is 71.1 Å². The number of nitrogens with zero attached hydrogens (tertiary/aromatic N) is 1. The Balaban J connectivity index is 1.45. The quantitative estimate of drug-likeness (QED) is 0.698. The largest absolute Gasteiger partial charge is 0.444 e. The molecule has 3 aliphatic rings. The van der Waals surface area contributed by atoms with Gasteiger partial charge in [-0.25, -0.2) is 18.0 Å². The molecule has 5 unspecified atom stereocenters. The first-order chi connectivity index (χ1) is 13.9. The molecular formula is C21H37N3O5S. The summed E-state index contributed by atoms with van der Waals surface area (Å²) >= 11 is 0. The van der Waals surface area contributed by atoms with Gasteiger partial charge in [0.15, 0.2) is 0 Å². The average Bonchev–Trinajstić information content (AvgIpc) is 3.03. The number of likely N-dealkylation sites (tertiary alicyclic amines) is 1. The van der Waals surface area contributed by atoms with Crippen molar-refractivity contribution >= 4 is 22.0 Å². The van der Waals surface area contributed by atoms with Crippen molar-refractivity contribution in [1.29, 1.82) is 0 Å². The van der Waals surface area contributed by atoms with Gasteiger partial charge in [-0.3, -0.25) is 0 Å². The Labute approximate surface area is 180 Å². The van der Waals surface area contributed by atoms with Gasteiger partial charge < -0.3 is 20.3 Å². The van der Waals surface area contributed by atoms with Crippen LogP contribution in [-0.4, -0.2) is 67.7 Å². The maximum atomic E-state index is 12.5. The summed E-state index contributed by atoms with van der Waals surface area (Å²) in [6.07, 6.45) is 6.56. The maximum absolute atomic E-state index is 12.5. The van der Waals surface area contributed by atoms with Crippen LogP contribution in [0.3, 0.4) is 0 Å². The Hall–Kier alpha value is -1.51. The third kappa shape index (κ3) is 6.25. The molecule has 0 aromatic heterocycles. The van der Waals surface area contributed by atoms with Gasteiger partial charge in [-0.2, -0.15) is 0 Å². The van der Waals surface area contributed by atoms with Crippen molar-refractivity contribution < 1.29 is 22.7 Å². The van der Waals surface area contributed by atoms with E-state index in [4.69, 9.17) is 4.74 Å². The predicted molar refractivity (Wildman–Crippen MR) is 115 cm³/mol. The molecule has 0 aromatic carbocycles. The van der Waals surface area contributed by atoms with E-state index in [1.54, 1.807) is 4.90 Å². The standard InChI is InChI=1S/C21H37N3O5S/c1-21(2,3)29-20(26)24-12-14-8-9-17(10-15(14)13-24)23-19(25)22-16-6-5-7-18(11-16)30(4,27)28/h14-18H,5-13H2,1-4H3,(H2,22,23,25). The van der Waals surface area contributed by atoms with Crippen LogP contribution in [0.4, 0.5) is 9.59 Å². The Morgan fingerprint density at radius 1 is 0.933 bits per heavy atom. The highest BCUT2D eigenvalue weighted by atomic mass is 32.2. The van der Waals surface area contributed by atoms with Crippen molar-refractivity contribution in [3.05, 3.63) is 0 Å². The number of sulfone groups is 1. The van der Waals surface area contributed by atoms with E-state index in [1.165, 1.54) is 6.26 Å². The summed E-state index contributed by atoms with van der Waals surface area (Å²) in [5.41, 5.74) is -0.498. The third-order valence-corrected chi connectivity index (χ3v) is 8.24. The van der Waals surface area contributed by atoms with Gasteiger partial charge in [0.1, 0.15) is 15.4 Å². The molecule has 2 N–H and O–H groups in total. The van der Waals surface area contributed by atoms with E-state index in [-0.39, 0.29) is 29.5 Å². The lowest BCUT2D eigenvalue weighted by molar-refractivity contribution is 0.0284. The van der Waals surface area contributed by atoms with Crippen molar-refractivity contribution in [3.63, 3.8) is 0 Å². The normalized spacial score (nSPS) is 32.3. The number of urea groups is 1. The third-order valence-electron chi connectivity index (χ3n) is 6.60. The van der Waals surface area contributed by atoms with Crippen molar-refractivity contribution in [1.82, 2.24) is 15.5 Å². The monoisotopic (exact) mass is 443 g/mol. The number of carbonyl (C=O) groups excluding carboxylic acids is 2. The van der Waals surface area contributed by atoms with Crippen LogP contribution in [0, 0.1) is 11.8 Å². The Bertz CT molecular complexity index is 748. The zero-order chi connectivity index (χ0) is 22.1. The van der Waals surface area contributed by atoms with E-state index in [0.717, 1.165) is 38.6 Å². The summed E-state index contributed by atoms with van der Waals surface area (Å²) in [6.45, 7) is 7.02. The number of carbonyl (C=O) groups is 2. The van der Waals surface area contributed by atoms with Crippen LogP contribution < -0.4 is 10.6 Å². The van der Waals surface area contributed by atoms with Crippen LogP contribution in [0.5, 0.6) is 0 Å². The smallest absolute Gasteiger partial charge is 0.410 e. The fraction of sp³-hybridized carbons (Fsp3) is 0.905. The molecule has 2 saturated carbocycles. The lowest BCUT2D eigenvalue weighted by Crippen LogP contribution is -2.50. The SMILES string of the molecule is CC(C)(C)OC(=O)N1CC2CCC(NC(=O)NC3CCCC(S(C)(=O)=O)C3)CC2C1. The second kappa shape index (κ2) is 8.93. The van der Waals surface area contributed by atoms with E-state index in [2.05, 4.69) is 10.6 Å². The molecule has 1 saturated heterocycles.